The van der Waals surface area contributed by atoms with E-state index in [0.29, 0.717) is 11.6 Å². The van der Waals surface area contributed by atoms with Crippen LogP contribution in [0.1, 0.15) is 43.0 Å². The van der Waals surface area contributed by atoms with Gasteiger partial charge in [0.1, 0.15) is 5.75 Å². The highest BCUT2D eigenvalue weighted by atomic mass is 35.5. The van der Waals surface area contributed by atoms with Crippen LogP contribution in [0.5, 0.6) is 5.75 Å². The molecule has 0 spiro atoms. The van der Waals surface area contributed by atoms with Crippen molar-refractivity contribution in [2.24, 2.45) is 5.92 Å². The Morgan fingerprint density at radius 2 is 1.95 bits per heavy atom. The summed E-state index contributed by atoms with van der Waals surface area (Å²) in [6.45, 7) is 2.26. The molecule has 1 aliphatic carbocycles. The van der Waals surface area contributed by atoms with Crippen molar-refractivity contribution in [3.63, 3.8) is 0 Å². The first kappa shape index (κ1) is 14.2. The van der Waals surface area contributed by atoms with E-state index in [9.17, 15) is 9.90 Å². The number of carbonyl (C=O) groups excluding carboxylic acids is 1. The lowest BCUT2D eigenvalue weighted by Crippen LogP contribution is -2.39. The normalized spacial score (nSPS) is 23.1. The molecule has 1 saturated carbocycles. The highest BCUT2D eigenvalue weighted by molar-refractivity contribution is 6.32. The second kappa shape index (κ2) is 5.83. The Bertz CT molecular complexity index is 467. The fraction of sp³-hybridized carbons (Fsp3) is 0.533. The van der Waals surface area contributed by atoms with Crippen molar-refractivity contribution in [3.05, 3.63) is 28.8 Å². The number of aromatic hydroxyl groups is 1. The van der Waals surface area contributed by atoms with E-state index in [0.717, 1.165) is 18.8 Å². The monoisotopic (exact) mass is 281 g/mol. The number of hydrogen-bond acceptors (Lipinski definition) is 2. The number of amides is 1. The summed E-state index contributed by atoms with van der Waals surface area (Å²) in [5.41, 5.74) is 0.531. The van der Waals surface area contributed by atoms with Gasteiger partial charge in [0.15, 0.2) is 0 Å². The highest BCUT2D eigenvalue weighted by Crippen LogP contribution is 2.28. The molecule has 3 nitrogen and oxygen atoms in total. The van der Waals surface area contributed by atoms with Crippen LogP contribution in [-0.2, 0) is 0 Å². The van der Waals surface area contributed by atoms with Crippen molar-refractivity contribution in [2.45, 2.75) is 38.6 Å². The molecular weight excluding hydrogens is 262 g/mol. The van der Waals surface area contributed by atoms with Gasteiger partial charge < -0.3 is 10.0 Å². The van der Waals surface area contributed by atoms with Crippen molar-refractivity contribution in [3.8, 4) is 5.75 Å². The van der Waals surface area contributed by atoms with E-state index < -0.39 is 0 Å². The molecule has 1 aromatic carbocycles. The fourth-order valence-electron chi connectivity index (χ4n) is 2.64. The van der Waals surface area contributed by atoms with Gasteiger partial charge in [0.25, 0.3) is 5.91 Å². The summed E-state index contributed by atoms with van der Waals surface area (Å²) in [7, 11) is 1.85. The molecule has 0 bridgehead atoms. The summed E-state index contributed by atoms with van der Waals surface area (Å²) in [6, 6.07) is 4.93. The summed E-state index contributed by atoms with van der Waals surface area (Å²) >= 11 is 5.85. The van der Waals surface area contributed by atoms with Crippen LogP contribution in [-0.4, -0.2) is 29.0 Å². The maximum absolute atomic E-state index is 12.4. The van der Waals surface area contributed by atoms with E-state index in [2.05, 4.69) is 6.92 Å². The predicted molar refractivity (Wildman–Crippen MR) is 76.6 cm³/mol. The van der Waals surface area contributed by atoms with Gasteiger partial charge in [0.2, 0.25) is 0 Å². The summed E-state index contributed by atoms with van der Waals surface area (Å²) in [4.78, 5) is 14.2. The molecule has 0 aromatic heterocycles. The molecule has 19 heavy (non-hydrogen) atoms. The molecule has 0 heterocycles. The average molecular weight is 282 g/mol. The van der Waals surface area contributed by atoms with E-state index >= 15 is 0 Å². The topological polar surface area (TPSA) is 40.5 Å². The smallest absolute Gasteiger partial charge is 0.253 e. The molecule has 1 N–H and O–H groups in total. The number of nitrogens with zero attached hydrogens (tertiary/aromatic N) is 1. The van der Waals surface area contributed by atoms with Crippen molar-refractivity contribution in [2.75, 3.05) is 7.05 Å². The zero-order valence-corrected chi connectivity index (χ0v) is 12.2. The molecular formula is C15H20ClNO2. The summed E-state index contributed by atoms with van der Waals surface area (Å²) in [5, 5.41) is 9.60. The molecule has 0 saturated heterocycles. The number of benzene rings is 1. The number of phenols is 1. The standard InChI is InChI=1S/C15H20ClNO2/c1-10-3-6-12(7-4-10)17(2)15(19)11-5-8-14(18)13(16)9-11/h5,8-10,12,18H,3-4,6-7H2,1-2H3. The zero-order valence-electron chi connectivity index (χ0n) is 11.4. The molecule has 1 amide bonds. The minimum absolute atomic E-state index is 0.00682. The number of rotatable bonds is 2. The van der Waals surface area contributed by atoms with Crippen LogP contribution in [0.25, 0.3) is 0 Å². The quantitative estimate of drug-likeness (QED) is 0.898. The third-order valence-corrected chi connectivity index (χ3v) is 4.35. The fourth-order valence-corrected chi connectivity index (χ4v) is 2.82. The molecule has 1 fully saturated rings. The minimum Gasteiger partial charge on any atom is -0.506 e. The minimum atomic E-state index is -0.0264. The first-order valence-corrected chi connectivity index (χ1v) is 7.12. The van der Waals surface area contributed by atoms with Gasteiger partial charge in [-0.1, -0.05) is 18.5 Å². The Labute approximate surface area is 119 Å². The summed E-state index contributed by atoms with van der Waals surface area (Å²) in [6.07, 6.45) is 4.49. The van der Waals surface area contributed by atoms with E-state index in [1.165, 1.54) is 25.0 Å². The Kier molecular flexibility index (Phi) is 4.35. The summed E-state index contributed by atoms with van der Waals surface area (Å²) < 4.78 is 0. The molecule has 1 aliphatic rings. The Balaban J connectivity index is 2.08. The molecule has 2 rings (SSSR count). The van der Waals surface area contributed by atoms with Gasteiger partial charge in [-0.25, -0.2) is 0 Å². The Morgan fingerprint density at radius 3 is 2.53 bits per heavy atom. The van der Waals surface area contributed by atoms with Crippen LogP contribution >= 0.6 is 11.6 Å². The van der Waals surface area contributed by atoms with Crippen LogP contribution in [0.3, 0.4) is 0 Å². The van der Waals surface area contributed by atoms with E-state index in [4.69, 9.17) is 11.6 Å². The molecule has 0 unspecified atom stereocenters. The third kappa shape index (κ3) is 3.21. The predicted octanol–water partition coefficient (Wildman–Crippen LogP) is 3.70. The first-order valence-electron chi connectivity index (χ1n) is 6.74. The maximum atomic E-state index is 12.4. The lowest BCUT2D eigenvalue weighted by molar-refractivity contribution is 0.0679. The van der Waals surface area contributed by atoms with Crippen LogP contribution in [0, 0.1) is 5.92 Å². The molecule has 0 aliphatic heterocycles. The summed E-state index contributed by atoms with van der Waals surface area (Å²) in [5.74, 6) is 0.747. The number of halogens is 1. The largest absolute Gasteiger partial charge is 0.506 e. The van der Waals surface area contributed by atoms with E-state index in [-0.39, 0.29) is 16.7 Å². The SMILES string of the molecule is CC1CCC(N(C)C(=O)c2ccc(O)c(Cl)c2)CC1. The van der Waals surface area contributed by atoms with Crippen molar-refractivity contribution >= 4 is 17.5 Å². The average Bonchev–Trinajstić information content (AvgIpc) is 2.41. The first-order chi connectivity index (χ1) is 8.99. The number of carbonyl (C=O) groups is 1. The van der Waals surface area contributed by atoms with Gasteiger partial charge in [0, 0.05) is 18.7 Å². The van der Waals surface area contributed by atoms with Gasteiger partial charge in [-0.2, -0.15) is 0 Å². The van der Waals surface area contributed by atoms with Crippen LogP contribution < -0.4 is 0 Å². The molecule has 4 heteroatoms. The zero-order chi connectivity index (χ0) is 14.0. The van der Waals surface area contributed by atoms with Crippen LogP contribution in [0.2, 0.25) is 5.02 Å². The Morgan fingerprint density at radius 1 is 1.32 bits per heavy atom. The van der Waals surface area contributed by atoms with Crippen molar-refractivity contribution < 1.29 is 9.90 Å². The van der Waals surface area contributed by atoms with Gasteiger partial charge >= 0.3 is 0 Å². The second-order valence-corrected chi connectivity index (χ2v) is 5.90. The van der Waals surface area contributed by atoms with Gasteiger partial charge in [-0.05, 0) is 49.8 Å². The maximum Gasteiger partial charge on any atom is 0.253 e. The van der Waals surface area contributed by atoms with Gasteiger partial charge in [0.05, 0.1) is 5.02 Å². The van der Waals surface area contributed by atoms with Crippen molar-refractivity contribution in [1.29, 1.82) is 0 Å². The van der Waals surface area contributed by atoms with Crippen LogP contribution in [0.4, 0.5) is 0 Å². The molecule has 104 valence electrons. The molecule has 0 radical (unpaired) electrons. The van der Waals surface area contributed by atoms with E-state index in [1.54, 1.807) is 6.07 Å². The number of phenolic OH excluding ortho intramolecular Hbond substituents is 1. The molecule has 0 atom stereocenters. The van der Waals surface area contributed by atoms with Gasteiger partial charge in [-0.15, -0.1) is 0 Å². The van der Waals surface area contributed by atoms with Crippen molar-refractivity contribution in [1.82, 2.24) is 4.90 Å². The van der Waals surface area contributed by atoms with Gasteiger partial charge in [-0.3, -0.25) is 4.79 Å². The molecule has 1 aromatic rings. The highest BCUT2D eigenvalue weighted by Gasteiger charge is 2.25. The lowest BCUT2D eigenvalue weighted by Gasteiger charge is -2.33. The van der Waals surface area contributed by atoms with Crippen LogP contribution in [0.15, 0.2) is 18.2 Å². The lowest BCUT2D eigenvalue weighted by atomic mass is 9.86. The second-order valence-electron chi connectivity index (χ2n) is 5.50. The third-order valence-electron chi connectivity index (χ3n) is 4.05. The Hall–Kier alpha value is -1.22. The van der Waals surface area contributed by atoms with E-state index in [1.807, 2.05) is 11.9 Å². The number of hydrogen-bond donors (Lipinski definition) is 1.